The minimum atomic E-state index is -6.09. The van der Waals surface area contributed by atoms with Crippen LogP contribution < -0.4 is 5.32 Å². The van der Waals surface area contributed by atoms with E-state index in [2.05, 4.69) is 5.32 Å². The van der Waals surface area contributed by atoms with E-state index in [1.54, 1.807) is 30.3 Å². The Morgan fingerprint density at radius 1 is 0.812 bits per heavy atom. The average molecular weight is 469 g/mol. The lowest BCUT2D eigenvalue weighted by Crippen LogP contribution is -2.54. The van der Waals surface area contributed by atoms with Crippen molar-refractivity contribution in [2.24, 2.45) is 0 Å². The second-order valence-corrected chi connectivity index (χ2v) is 8.10. The lowest BCUT2D eigenvalue weighted by Gasteiger charge is -2.34. The van der Waals surface area contributed by atoms with Gasteiger partial charge in [0, 0.05) is 15.6 Å². The van der Waals surface area contributed by atoms with E-state index in [1.807, 2.05) is 0 Å². The summed E-state index contributed by atoms with van der Waals surface area (Å²) in [5.41, 5.74) is -7.46. The van der Waals surface area contributed by atoms with Gasteiger partial charge in [-0.2, -0.15) is 26.3 Å². The number of carbonyl (C=O) groups excluding carboxylic acids is 1. The van der Waals surface area contributed by atoms with Crippen molar-refractivity contribution in [3.8, 4) is 0 Å². The number of carbonyl (C=O) groups is 1. The molecule has 3 nitrogen and oxygen atoms in total. The van der Waals surface area contributed by atoms with Crippen LogP contribution in [0.5, 0.6) is 0 Å². The highest BCUT2D eigenvalue weighted by atomic mass is 32.1. The number of thiophene rings is 1. The number of aliphatic hydroxyl groups is 1. The molecule has 0 aliphatic heterocycles. The van der Waals surface area contributed by atoms with Gasteiger partial charge in [-0.25, -0.2) is 0 Å². The number of hydrogen-bond acceptors (Lipinski definition) is 3. The molecular formula is C22H13F6NO2S. The molecule has 0 atom stereocenters. The number of nitrogens with one attached hydrogen (secondary N) is 1. The summed E-state index contributed by atoms with van der Waals surface area (Å²) in [5.74, 6) is -0.893. The third-order valence-corrected chi connectivity index (χ3v) is 6.14. The quantitative estimate of drug-likeness (QED) is 0.332. The number of anilines is 1. The molecule has 0 aliphatic carbocycles. The fourth-order valence-corrected chi connectivity index (χ4v) is 4.40. The SMILES string of the molecule is O=C(Nc1c(C(O)(C(F)(F)F)C(F)(F)F)ccc2ccccc12)c1cc2ccccc2s1. The van der Waals surface area contributed by atoms with E-state index >= 15 is 0 Å². The van der Waals surface area contributed by atoms with Gasteiger partial charge in [0.05, 0.1) is 10.6 Å². The first-order valence-electron chi connectivity index (χ1n) is 9.11. The Morgan fingerprint density at radius 2 is 1.41 bits per heavy atom. The van der Waals surface area contributed by atoms with E-state index in [-0.39, 0.29) is 15.6 Å². The molecule has 4 rings (SSSR count). The number of halogens is 6. The van der Waals surface area contributed by atoms with Gasteiger partial charge >= 0.3 is 12.4 Å². The van der Waals surface area contributed by atoms with Crippen molar-refractivity contribution >= 4 is 43.8 Å². The maximum Gasteiger partial charge on any atom is 0.430 e. The predicted molar refractivity (Wildman–Crippen MR) is 110 cm³/mol. The first-order valence-corrected chi connectivity index (χ1v) is 9.93. The second kappa shape index (κ2) is 7.49. The molecule has 0 fully saturated rings. The van der Waals surface area contributed by atoms with Crippen LogP contribution in [0.3, 0.4) is 0 Å². The highest BCUT2D eigenvalue weighted by Crippen LogP contribution is 2.53. The van der Waals surface area contributed by atoms with Gasteiger partial charge < -0.3 is 10.4 Å². The van der Waals surface area contributed by atoms with Crippen molar-refractivity contribution in [2.45, 2.75) is 18.0 Å². The van der Waals surface area contributed by atoms with Crippen LogP contribution in [-0.2, 0) is 5.60 Å². The van der Waals surface area contributed by atoms with E-state index in [4.69, 9.17) is 0 Å². The zero-order valence-electron chi connectivity index (χ0n) is 15.9. The van der Waals surface area contributed by atoms with Crippen LogP contribution in [0.2, 0.25) is 0 Å². The van der Waals surface area contributed by atoms with Crippen molar-refractivity contribution in [3.63, 3.8) is 0 Å². The number of rotatable bonds is 3. The minimum absolute atomic E-state index is 0.0774. The maximum absolute atomic E-state index is 13.6. The predicted octanol–water partition coefficient (Wildman–Crippen LogP) is 6.62. The van der Waals surface area contributed by atoms with Gasteiger partial charge in [-0.3, -0.25) is 4.79 Å². The van der Waals surface area contributed by atoms with E-state index in [0.717, 1.165) is 22.1 Å². The fourth-order valence-electron chi connectivity index (χ4n) is 3.44. The summed E-state index contributed by atoms with van der Waals surface area (Å²) in [6, 6.07) is 15.6. The standard InChI is InChI=1S/C22H13F6NO2S/c23-21(24,25)20(31,22(26,27)28)15-10-9-12-5-1-3-7-14(12)18(15)29-19(30)17-11-13-6-2-4-8-16(13)32-17/h1-11,31H,(H,29,30). The summed E-state index contributed by atoms with van der Waals surface area (Å²) < 4.78 is 82.2. The molecule has 1 heterocycles. The van der Waals surface area contributed by atoms with Crippen LogP contribution in [0.15, 0.2) is 66.7 Å². The summed E-state index contributed by atoms with van der Waals surface area (Å²) in [6.45, 7) is 0. The Bertz CT molecular complexity index is 1280. The molecule has 2 N–H and O–H groups in total. The molecule has 1 aromatic heterocycles. The first-order chi connectivity index (χ1) is 14.9. The molecule has 0 spiro atoms. The monoisotopic (exact) mass is 469 g/mol. The lowest BCUT2D eigenvalue weighted by atomic mass is 9.88. The molecule has 3 aromatic carbocycles. The Labute approximate surface area is 180 Å². The Hall–Kier alpha value is -3.11. The molecule has 1 amide bonds. The molecule has 32 heavy (non-hydrogen) atoms. The number of alkyl halides is 6. The topological polar surface area (TPSA) is 49.3 Å². The zero-order valence-corrected chi connectivity index (χ0v) is 16.7. The highest BCUT2D eigenvalue weighted by Gasteiger charge is 2.72. The molecular weight excluding hydrogens is 456 g/mol. The van der Waals surface area contributed by atoms with Crippen molar-refractivity contribution in [1.82, 2.24) is 0 Å². The number of fused-ring (bicyclic) bond motifs is 2. The van der Waals surface area contributed by atoms with Gasteiger partial charge in [0.1, 0.15) is 0 Å². The van der Waals surface area contributed by atoms with Crippen molar-refractivity contribution in [3.05, 3.63) is 77.2 Å². The van der Waals surface area contributed by atoms with Crippen LogP contribution in [0, 0.1) is 0 Å². The third kappa shape index (κ3) is 3.49. The van der Waals surface area contributed by atoms with Crippen molar-refractivity contribution in [1.29, 1.82) is 0 Å². The zero-order chi connectivity index (χ0) is 23.3. The first kappa shape index (κ1) is 22.1. The van der Waals surface area contributed by atoms with Gasteiger partial charge in [-0.05, 0) is 22.9 Å². The minimum Gasteiger partial charge on any atom is -0.369 e. The summed E-state index contributed by atoms with van der Waals surface area (Å²) in [7, 11) is 0. The smallest absolute Gasteiger partial charge is 0.369 e. The van der Waals surface area contributed by atoms with E-state index in [9.17, 15) is 36.2 Å². The van der Waals surface area contributed by atoms with Gasteiger partial charge in [0.15, 0.2) is 0 Å². The van der Waals surface area contributed by atoms with Gasteiger partial charge in [0.2, 0.25) is 0 Å². The van der Waals surface area contributed by atoms with Gasteiger partial charge in [-0.1, -0.05) is 54.6 Å². The molecule has 0 unspecified atom stereocenters. The number of benzene rings is 3. The van der Waals surface area contributed by atoms with Crippen LogP contribution in [0.1, 0.15) is 15.2 Å². The largest absolute Gasteiger partial charge is 0.430 e. The fraction of sp³-hybridized carbons (Fsp3) is 0.136. The summed E-state index contributed by atoms with van der Waals surface area (Å²) in [6.07, 6.45) is -12.2. The number of amides is 1. The van der Waals surface area contributed by atoms with Crippen LogP contribution in [0.25, 0.3) is 20.9 Å². The van der Waals surface area contributed by atoms with E-state index in [0.29, 0.717) is 11.5 Å². The highest BCUT2D eigenvalue weighted by molar-refractivity contribution is 7.20. The summed E-state index contributed by atoms with van der Waals surface area (Å²) >= 11 is 1.04. The Balaban J connectivity index is 1.92. The van der Waals surface area contributed by atoms with Gasteiger partial charge in [0.25, 0.3) is 11.5 Å². The van der Waals surface area contributed by atoms with Crippen molar-refractivity contribution < 1.29 is 36.2 Å². The molecule has 0 radical (unpaired) electrons. The molecule has 0 saturated heterocycles. The number of hydrogen-bond donors (Lipinski definition) is 2. The third-order valence-electron chi connectivity index (χ3n) is 5.03. The molecule has 0 aliphatic rings. The van der Waals surface area contributed by atoms with E-state index in [1.165, 1.54) is 24.3 Å². The summed E-state index contributed by atoms with van der Waals surface area (Å²) in [4.78, 5) is 13.0. The molecule has 0 bridgehead atoms. The average Bonchev–Trinajstić information content (AvgIpc) is 3.16. The molecule has 4 aromatic rings. The Kier molecular flexibility index (Phi) is 5.17. The molecule has 166 valence electrons. The maximum atomic E-state index is 13.6. The van der Waals surface area contributed by atoms with Crippen molar-refractivity contribution in [2.75, 3.05) is 5.32 Å². The normalized spacial score (nSPS) is 13.0. The second-order valence-electron chi connectivity index (χ2n) is 7.02. The van der Waals surface area contributed by atoms with Gasteiger partial charge in [-0.15, -0.1) is 11.3 Å². The Morgan fingerprint density at radius 3 is 2.03 bits per heavy atom. The van der Waals surface area contributed by atoms with E-state index < -0.39 is 35.1 Å². The van der Waals surface area contributed by atoms with Crippen LogP contribution in [-0.4, -0.2) is 23.4 Å². The molecule has 10 heteroatoms. The molecule has 0 saturated carbocycles. The van der Waals surface area contributed by atoms with Crippen LogP contribution >= 0.6 is 11.3 Å². The lowest BCUT2D eigenvalue weighted by molar-refractivity contribution is -0.375. The van der Waals surface area contributed by atoms with Crippen LogP contribution in [0.4, 0.5) is 32.0 Å². The summed E-state index contributed by atoms with van der Waals surface area (Å²) in [5, 5.41) is 13.1.